The number of hydrogen-bond acceptors (Lipinski definition) is 2. The summed E-state index contributed by atoms with van der Waals surface area (Å²) < 4.78 is 4.49. The Kier molecular flexibility index (Phi) is 4.28. The van der Waals surface area contributed by atoms with Crippen molar-refractivity contribution < 1.29 is 5.11 Å². The van der Waals surface area contributed by atoms with Gasteiger partial charge in [0.1, 0.15) is 7.40 Å². The molecule has 15 heavy (non-hydrogen) atoms. The maximum atomic E-state index is 9.60. The van der Waals surface area contributed by atoms with Gasteiger partial charge in [0.15, 0.2) is 0 Å². The molecular formula is C10H14I2N2O. The summed E-state index contributed by atoms with van der Waals surface area (Å²) >= 11 is 4.59. The zero-order chi connectivity index (χ0) is 10.8. The van der Waals surface area contributed by atoms with Crippen LogP contribution in [0.15, 0.2) is 6.33 Å². The van der Waals surface area contributed by atoms with Gasteiger partial charge in [0, 0.05) is 6.54 Å². The molecule has 0 bridgehead atoms. The molecule has 1 aromatic heterocycles. The van der Waals surface area contributed by atoms with Crippen molar-refractivity contribution in [2.75, 3.05) is 0 Å². The molecule has 2 unspecified atom stereocenters. The number of hydrogen-bond donors (Lipinski definition) is 1. The highest BCUT2D eigenvalue weighted by molar-refractivity contribution is 14.1. The Morgan fingerprint density at radius 3 is 2.87 bits per heavy atom. The Hall–Kier alpha value is 0.630. The fraction of sp³-hybridized carbons (Fsp3) is 0.700. The zero-order valence-electron chi connectivity index (χ0n) is 8.37. The van der Waals surface area contributed by atoms with Crippen molar-refractivity contribution in [2.45, 2.75) is 38.3 Å². The van der Waals surface area contributed by atoms with Crippen molar-refractivity contribution in [3.05, 3.63) is 13.7 Å². The lowest BCUT2D eigenvalue weighted by molar-refractivity contribution is 0.0951. The lowest BCUT2D eigenvalue weighted by Gasteiger charge is -2.26. The average Bonchev–Trinajstić information content (AvgIpc) is 2.50. The highest BCUT2D eigenvalue weighted by Crippen LogP contribution is 2.26. The predicted octanol–water partition coefficient (Wildman–Crippen LogP) is 2.64. The summed E-state index contributed by atoms with van der Waals surface area (Å²) in [6, 6.07) is 0. The third-order valence-corrected chi connectivity index (χ3v) is 5.89. The van der Waals surface area contributed by atoms with E-state index in [1.807, 2.05) is 6.33 Å². The van der Waals surface area contributed by atoms with Crippen LogP contribution in [0, 0.1) is 13.3 Å². The summed E-state index contributed by atoms with van der Waals surface area (Å²) in [5, 5.41) is 9.60. The van der Waals surface area contributed by atoms with Crippen LogP contribution in [0.2, 0.25) is 0 Å². The maximum absolute atomic E-state index is 9.60. The average molecular weight is 432 g/mol. The van der Waals surface area contributed by atoms with E-state index in [2.05, 4.69) is 54.7 Å². The molecule has 5 heteroatoms. The fourth-order valence-corrected chi connectivity index (χ4v) is 3.07. The molecule has 0 aromatic carbocycles. The first-order valence-electron chi connectivity index (χ1n) is 5.21. The first kappa shape index (κ1) is 12.1. The van der Waals surface area contributed by atoms with E-state index in [1.165, 1.54) is 10.1 Å². The van der Waals surface area contributed by atoms with Crippen molar-refractivity contribution in [1.29, 1.82) is 0 Å². The quantitative estimate of drug-likeness (QED) is 0.731. The molecule has 1 heterocycles. The van der Waals surface area contributed by atoms with E-state index in [0.717, 1.165) is 29.5 Å². The molecule has 84 valence electrons. The highest BCUT2D eigenvalue weighted by atomic mass is 127. The molecule has 0 spiro atoms. The van der Waals surface area contributed by atoms with Gasteiger partial charge in [-0.25, -0.2) is 4.98 Å². The molecule has 2 atom stereocenters. The smallest absolute Gasteiger partial charge is 0.132 e. The van der Waals surface area contributed by atoms with Crippen LogP contribution < -0.4 is 0 Å². The van der Waals surface area contributed by atoms with E-state index in [0.29, 0.717) is 5.92 Å². The molecule has 1 aliphatic carbocycles. The molecule has 1 saturated carbocycles. The summed E-state index contributed by atoms with van der Waals surface area (Å²) in [5.41, 5.74) is 0. The Balaban J connectivity index is 1.99. The predicted molar refractivity (Wildman–Crippen MR) is 75.6 cm³/mol. The first-order chi connectivity index (χ1) is 7.16. The molecular weight excluding hydrogens is 418 g/mol. The Labute approximate surface area is 117 Å². The minimum atomic E-state index is -0.0796. The molecule has 0 aliphatic heterocycles. The van der Waals surface area contributed by atoms with Gasteiger partial charge in [0.05, 0.1) is 12.4 Å². The van der Waals surface area contributed by atoms with E-state index in [-0.39, 0.29) is 6.10 Å². The van der Waals surface area contributed by atoms with Gasteiger partial charge in [-0.1, -0.05) is 6.42 Å². The molecule has 2 rings (SSSR count). The zero-order valence-corrected chi connectivity index (χ0v) is 12.7. The van der Waals surface area contributed by atoms with Crippen LogP contribution in [-0.2, 0) is 6.54 Å². The van der Waals surface area contributed by atoms with Crippen LogP contribution >= 0.6 is 45.2 Å². The van der Waals surface area contributed by atoms with E-state index >= 15 is 0 Å². The minimum absolute atomic E-state index is 0.0796. The molecule has 0 radical (unpaired) electrons. The van der Waals surface area contributed by atoms with Gasteiger partial charge in [0.2, 0.25) is 0 Å². The van der Waals surface area contributed by atoms with Gasteiger partial charge in [-0.3, -0.25) is 0 Å². The summed E-state index contributed by atoms with van der Waals surface area (Å²) in [6.07, 6.45) is 6.16. The molecule has 3 nitrogen and oxygen atoms in total. The van der Waals surface area contributed by atoms with Crippen LogP contribution in [0.5, 0.6) is 0 Å². The van der Waals surface area contributed by atoms with E-state index in [4.69, 9.17) is 0 Å². The second-order valence-electron chi connectivity index (χ2n) is 4.17. The lowest BCUT2D eigenvalue weighted by atomic mass is 9.87. The number of imidazole rings is 1. The number of aromatic nitrogens is 2. The summed E-state index contributed by atoms with van der Waals surface area (Å²) in [7, 11) is 0. The third kappa shape index (κ3) is 3.06. The van der Waals surface area contributed by atoms with Gasteiger partial charge < -0.3 is 9.67 Å². The normalized spacial score (nSPS) is 26.9. The number of nitrogens with zero attached hydrogens (tertiary/aromatic N) is 2. The molecule has 1 aliphatic rings. The van der Waals surface area contributed by atoms with Crippen LogP contribution in [0.1, 0.15) is 25.7 Å². The van der Waals surface area contributed by atoms with Crippen molar-refractivity contribution in [3.63, 3.8) is 0 Å². The SMILES string of the molecule is OC1CCCC(Cn2cnc(I)c2I)C1. The summed E-state index contributed by atoms with van der Waals surface area (Å²) in [6.45, 7) is 1.01. The number of aliphatic hydroxyl groups excluding tert-OH is 1. The molecule has 0 saturated heterocycles. The number of rotatable bonds is 2. The Bertz CT molecular complexity index is 340. The maximum Gasteiger partial charge on any atom is 0.132 e. The second-order valence-corrected chi connectivity index (χ2v) is 6.21. The van der Waals surface area contributed by atoms with Crippen LogP contribution in [-0.4, -0.2) is 20.8 Å². The summed E-state index contributed by atoms with van der Waals surface area (Å²) in [4.78, 5) is 4.28. The van der Waals surface area contributed by atoms with Gasteiger partial charge in [-0.15, -0.1) is 0 Å². The van der Waals surface area contributed by atoms with Gasteiger partial charge in [-0.05, 0) is 70.4 Å². The van der Waals surface area contributed by atoms with Crippen molar-refractivity contribution in [3.8, 4) is 0 Å². The van der Waals surface area contributed by atoms with Crippen LogP contribution in [0.4, 0.5) is 0 Å². The fourth-order valence-electron chi connectivity index (χ4n) is 2.18. The largest absolute Gasteiger partial charge is 0.393 e. The third-order valence-electron chi connectivity index (χ3n) is 2.94. The first-order valence-corrected chi connectivity index (χ1v) is 7.36. The van der Waals surface area contributed by atoms with Crippen molar-refractivity contribution >= 4 is 45.2 Å². The van der Waals surface area contributed by atoms with Crippen molar-refractivity contribution in [2.24, 2.45) is 5.92 Å². The van der Waals surface area contributed by atoms with Crippen LogP contribution in [0.3, 0.4) is 0 Å². The molecule has 1 N–H and O–H groups in total. The summed E-state index contributed by atoms with van der Waals surface area (Å²) in [5.74, 6) is 0.618. The topological polar surface area (TPSA) is 38.0 Å². The van der Waals surface area contributed by atoms with Gasteiger partial charge >= 0.3 is 0 Å². The molecule has 1 aromatic rings. The standard InChI is InChI=1S/C10H14I2N2O/c11-9-10(12)14(6-13-9)5-7-2-1-3-8(15)4-7/h6-8,15H,1-5H2. The van der Waals surface area contributed by atoms with E-state index < -0.39 is 0 Å². The number of aliphatic hydroxyl groups is 1. The highest BCUT2D eigenvalue weighted by Gasteiger charge is 2.21. The minimum Gasteiger partial charge on any atom is -0.393 e. The van der Waals surface area contributed by atoms with Gasteiger partial charge in [0.25, 0.3) is 0 Å². The molecule has 1 fully saturated rings. The monoisotopic (exact) mass is 432 g/mol. The second kappa shape index (κ2) is 5.31. The molecule has 0 amide bonds. The Morgan fingerprint density at radius 1 is 1.47 bits per heavy atom. The van der Waals surface area contributed by atoms with Gasteiger partial charge in [-0.2, -0.15) is 0 Å². The van der Waals surface area contributed by atoms with Crippen LogP contribution in [0.25, 0.3) is 0 Å². The lowest BCUT2D eigenvalue weighted by Crippen LogP contribution is -2.23. The van der Waals surface area contributed by atoms with E-state index in [9.17, 15) is 5.11 Å². The van der Waals surface area contributed by atoms with E-state index in [1.54, 1.807) is 0 Å². The number of halogens is 2. The van der Waals surface area contributed by atoms with Crippen molar-refractivity contribution in [1.82, 2.24) is 9.55 Å². The Morgan fingerprint density at radius 2 is 2.27 bits per heavy atom.